The number of nitrogens with one attached hydrogen (secondary N) is 1. The molecule has 2 heterocycles. The van der Waals surface area contributed by atoms with Crippen LogP contribution in [0.5, 0.6) is 5.75 Å². The summed E-state index contributed by atoms with van der Waals surface area (Å²) in [6.45, 7) is 3.65. The Bertz CT molecular complexity index is 492. The number of hydrogen-bond acceptors (Lipinski definition) is 4. The highest BCUT2D eigenvalue weighted by atomic mass is 16.5. The van der Waals surface area contributed by atoms with Crippen molar-refractivity contribution < 1.29 is 19.4 Å². The van der Waals surface area contributed by atoms with Gasteiger partial charge in [-0.25, -0.2) is 4.79 Å². The van der Waals surface area contributed by atoms with Crippen LogP contribution in [-0.2, 0) is 11.8 Å². The number of carboxylic acid groups (broad SMARTS) is 1. The number of hydrogen-bond donors (Lipinski definition) is 2. The summed E-state index contributed by atoms with van der Waals surface area (Å²) in [7, 11) is 1.49. The summed E-state index contributed by atoms with van der Waals surface area (Å²) in [5.41, 5.74) is -0.0642. The molecular weight excluding hydrogens is 226 g/mol. The topological polar surface area (TPSA) is 93.5 Å². The molecule has 2 rings (SSSR count). The third-order valence-electron chi connectivity index (χ3n) is 2.56. The van der Waals surface area contributed by atoms with Gasteiger partial charge in [0.2, 0.25) is 0 Å². The lowest BCUT2D eigenvalue weighted by Crippen LogP contribution is -2.40. The van der Waals surface area contributed by atoms with Gasteiger partial charge < -0.3 is 15.2 Å². The highest BCUT2D eigenvalue weighted by Crippen LogP contribution is 2.33. The summed E-state index contributed by atoms with van der Waals surface area (Å²) in [4.78, 5) is 22.7. The molecule has 0 spiro atoms. The number of aryl methyl sites for hydroxylation is 1. The number of nitrogens with zero attached hydrogens (tertiary/aromatic N) is 2. The average molecular weight is 239 g/mol. The Morgan fingerprint density at radius 2 is 2.24 bits per heavy atom. The fourth-order valence-corrected chi connectivity index (χ4v) is 1.74. The van der Waals surface area contributed by atoms with Crippen LogP contribution in [0.4, 0.5) is 5.82 Å². The molecule has 1 aromatic rings. The predicted molar refractivity (Wildman–Crippen MR) is 58.1 cm³/mol. The van der Waals surface area contributed by atoms with Crippen LogP contribution in [0.3, 0.4) is 0 Å². The van der Waals surface area contributed by atoms with E-state index in [9.17, 15) is 9.59 Å². The number of carbonyl (C=O) groups is 2. The zero-order valence-electron chi connectivity index (χ0n) is 9.72. The molecule has 7 heteroatoms. The number of amides is 1. The number of aromatic carboxylic acids is 1. The number of carboxylic acids is 1. The summed E-state index contributed by atoms with van der Waals surface area (Å²) in [5.74, 6) is -1.21. The standard InChI is InChI=1S/C10H13N3O4/c1-4(2)6-9(14)11-8-7(17-6)5(10(15)16)13(3)12-8/h4,6H,1-3H3,(H,15,16)(H,11,12,14). The van der Waals surface area contributed by atoms with Gasteiger partial charge in [-0.3, -0.25) is 9.48 Å². The molecule has 1 aromatic heterocycles. The van der Waals surface area contributed by atoms with Crippen molar-refractivity contribution in [2.24, 2.45) is 13.0 Å². The number of rotatable bonds is 2. The quantitative estimate of drug-likeness (QED) is 0.782. The van der Waals surface area contributed by atoms with Crippen molar-refractivity contribution in [1.29, 1.82) is 0 Å². The number of anilines is 1. The number of carbonyl (C=O) groups excluding carboxylic acids is 1. The summed E-state index contributed by atoms with van der Waals surface area (Å²) >= 11 is 0. The van der Waals surface area contributed by atoms with E-state index >= 15 is 0 Å². The van der Waals surface area contributed by atoms with Gasteiger partial charge in [0.25, 0.3) is 5.91 Å². The smallest absolute Gasteiger partial charge is 0.358 e. The molecule has 2 N–H and O–H groups in total. The lowest BCUT2D eigenvalue weighted by Gasteiger charge is -2.25. The van der Waals surface area contributed by atoms with Crippen LogP contribution in [0.1, 0.15) is 24.3 Å². The molecule has 0 fully saturated rings. The Morgan fingerprint density at radius 1 is 1.59 bits per heavy atom. The Hall–Kier alpha value is -2.05. The zero-order chi connectivity index (χ0) is 12.7. The third-order valence-corrected chi connectivity index (χ3v) is 2.56. The lowest BCUT2D eigenvalue weighted by molar-refractivity contribution is -0.125. The highest BCUT2D eigenvalue weighted by molar-refractivity contribution is 6.00. The van der Waals surface area contributed by atoms with E-state index in [4.69, 9.17) is 9.84 Å². The maximum absolute atomic E-state index is 11.7. The van der Waals surface area contributed by atoms with Crippen molar-refractivity contribution in [3.63, 3.8) is 0 Å². The Labute approximate surface area is 97.4 Å². The molecular formula is C10H13N3O4. The first kappa shape index (κ1) is 11.4. The van der Waals surface area contributed by atoms with Gasteiger partial charge in [0, 0.05) is 7.05 Å². The Kier molecular flexibility index (Phi) is 2.53. The normalized spacial score (nSPS) is 18.6. The van der Waals surface area contributed by atoms with Crippen LogP contribution in [0.2, 0.25) is 0 Å². The fourth-order valence-electron chi connectivity index (χ4n) is 1.74. The first-order valence-electron chi connectivity index (χ1n) is 5.19. The maximum atomic E-state index is 11.7. The van der Waals surface area contributed by atoms with Crippen molar-refractivity contribution in [3.05, 3.63) is 5.69 Å². The second-order valence-corrected chi connectivity index (χ2v) is 4.23. The van der Waals surface area contributed by atoms with E-state index in [0.29, 0.717) is 0 Å². The Morgan fingerprint density at radius 3 is 2.76 bits per heavy atom. The molecule has 1 unspecified atom stereocenters. The molecule has 1 amide bonds. The molecule has 1 aliphatic heterocycles. The minimum absolute atomic E-state index is 0.0509. The van der Waals surface area contributed by atoms with Crippen LogP contribution in [0.15, 0.2) is 0 Å². The Balaban J connectivity index is 2.47. The second-order valence-electron chi connectivity index (χ2n) is 4.23. The largest absolute Gasteiger partial charge is 0.476 e. The summed E-state index contributed by atoms with van der Waals surface area (Å²) in [6.07, 6.45) is -0.690. The molecule has 17 heavy (non-hydrogen) atoms. The number of aromatic nitrogens is 2. The molecule has 0 saturated heterocycles. The third kappa shape index (κ3) is 1.73. The van der Waals surface area contributed by atoms with E-state index < -0.39 is 12.1 Å². The predicted octanol–water partition coefficient (Wildman–Crippen LogP) is 0.474. The van der Waals surface area contributed by atoms with Gasteiger partial charge in [-0.05, 0) is 5.92 Å². The number of ether oxygens (including phenoxy) is 1. The minimum Gasteiger partial charge on any atom is -0.476 e. The molecule has 92 valence electrons. The van der Waals surface area contributed by atoms with E-state index in [1.807, 2.05) is 13.8 Å². The first-order valence-corrected chi connectivity index (χ1v) is 5.19. The SMILES string of the molecule is CC(C)C1Oc2c(nn(C)c2C(=O)O)NC1=O. The van der Waals surface area contributed by atoms with Crippen molar-refractivity contribution in [3.8, 4) is 5.75 Å². The van der Waals surface area contributed by atoms with Crippen LogP contribution >= 0.6 is 0 Å². The van der Waals surface area contributed by atoms with Gasteiger partial charge in [-0.2, -0.15) is 5.10 Å². The first-order chi connectivity index (χ1) is 7.91. The van der Waals surface area contributed by atoms with E-state index in [2.05, 4.69) is 10.4 Å². The van der Waals surface area contributed by atoms with Crippen molar-refractivity contribution >= 4 is 17.7 Å². The van der Waals surface area contributed by atoms with Crippen LogP contribution < -0.4 is 10.1 Å². The van der Waals surface area contributed by atoms with Crippen LogP contribution in [0, 0.1) is 5.92 Å². The van der Waals surface area contributed by atoms with E-state index in [-0.39, 0.29) is 29.1 Å². The summed E-state index contributed by atoms with van der Waals surface area (Å²) in [5, 5.41) is 15.5. The van der Waals surface area contributed by atoms with Crippen LogP contribution in [-0.4, -0.2) is 32.9 Å². The fraction of sp³-hybridized carbons (Fsp3) is 0.500. The van der Waals surface area contributed by atoms with E-state index in [1.54, 1.807) is 0 Å². The van der Waals surface area contributed by atoms with Gasteiger partial charge in [-0.15, -0.1) is 0 Å². The van der Waals surface area contributed by atoms with Gasteiger partial charge in [-0.1, -0.05) is 13.8 Å². The highest BCUT2D eigenvalue weighted by Gasteiger charge is 2.36. The monoisotopic (exact) mass is 239 g/mol. The second kappa shape index (κ2) is 3.76. The van der Waals surface area contributed by atoms with Crippen molar-refractivity contribution in [1.82, 2.24) is 9.78 Å². The molecule has 0 bridgehead atoms. The summed E-state index contributed by atoms with van der Waals surface area (Å²) < 4.78 is 6.62. The van der Waals surface area contributed by atoms with Gasteiger partial charge in [0.1, 0.15) is 0 Å². The molecule has 7 nitrogen and oxygen atoms in total. The van der Waals surface area contributed by atoms with Gasteiger partial charge >= 0.3 is 5.97 Å². The molecule has 1 atom stereocenters. The average Bonchev–Trinajstić information content (AvgIpc) is 2.51. The van der Waals surface area contributed by atoms with Crippen LogP contribution in [0.25, 0.3) is 0 Å². The zero-order valence-corrected chi connectivity index (χ0v) is 9.72. The number of fused-ring (bicyclic) bond motifs is 1. The van der Waals surface area contributed by atoms with Crippen molar-refractivity contribution in [2.75, 3.05) is 5.32 Å². The summed E-state index contributed by atoms with van der Waals surface area (Å²) in [6, 6.07) is 0. The molecule has 0 aromatic carbocycles. The van der Waals surface area contributed by atoms with Crippen molar-refractivity contribution in [2.45, 2.75) is 20.0 Å². The molecule has 0 saturated carbocycles. The van der Waals surface area contributed by atoms with Gasteiger partial charge in [0.15, 0.2) is 23.4 Å². The minimum atomic E-state index is -1.14. The molecule has 1 aliphatic rings. The maximum Gasteiger partial charge on any atom is 0.358 e. The van der Waals surface area contributed by atoms with Gasteiger partial charge in [0.05, 0.1) is 0 Å². The lowest BCUT2D eigenvalue weighted by atomic mass is 10.1. The van der Waals surface area contributed by atoms with E-state index in [0.717, 1.165) is 0 Å². The molecule has 0 radical (unpaired) electrons. The van der Waals surface area contributed by atoms with E-state index in [1.165, 1.54) is 11.7 Å². The molecule has 0 aliphatic carbocycles.